The normalized spacial score (nSPS) is 12.4. The minimum Gasteiger partial charge on any atom is -0.496 e. The van der Waals surface area contributed by atoms with E-state index in [1.165, 1.54) is 21.6 Å². The molecule has 1 atom stereocenters. The van der Waals surface area contributed by atoms with E-state index in [-0.39, 0.29) is 6.04 Å². The molecule has 3 heteroatoms. The molecule has 1 N–H and O–H groups in total. The van der Waals surface area contributed by atoms with Crippen molar-refractivity contribution in [1.29, 1.82) is 0 Å². The Bertz CT molecular complexity index is 562. The van der Waals surface area contributed by atoms with Crippen molar-refractivity contribution in [2.45, 2.75) is 33.2 Å². The first-order chi connectivity index (χ1) is 9.65. The average molecular weight is 289 g/mol. The largest absolute Gasteiger partial charge is 0.496 e. The number of aryl methyl sites for hydroxylation is 2. The number of benzene rings is 1. The maximum atomic E-state index is 5.58. The minimum atomic E-state index is 0.204. The van der Waals surface area contributed by atoms with Gasteiger partial charge in [-0.25, -0.2) is 0 Å². The van der Waals surface area contributed by atoms with Gasteiger partial charge < -0.3 is 10.1 Å². The summed E-state index contributed by atoms with van der Waals surface area (Å²) in [5.74, 6) is 0.961. The summed E-state index contributed by atoms with van der Waals surface area (Å²) in [5, 5.41) is 5.87. The predicted molar refractivity (Wildman–Crippen MR) is 86.9 cm³/mol. The van der Waals surface area contributed by atoms with E-state index in [1.54, 1.807) is 18.4 Å². The molecule has 0 aliphatic heterocycles. The van der Waals surface area contributed by atoms with Crippen LogP contribution in [-0.2, 0) is 0 Å². The molecule has 0 bridgehead atoms. The highest BCUT2D eigenvalue weighted by molar-refractivity contribution is 7.10. The van der Waals surface area contributed by atoms with Gasteiger partial charge in [0.05, 0.1) is 13.2 Å². The number of ether oxygens (including phenoxy) is 1. The monoisotopic (exact) mass is 289 g/mol. The second kappa shape index (κ2) is 6.91. The van der Waals surface area contributed by atoms with Gasteiger partial charge in [0, 0.05) is 10.4 Å². The fraction of sp³-hybridized carbons (Fsp3) is 0.412. The van der Waals surface area contributed by atoms with Crippen LogP contribution in [0.3, 0.4) is 0 Å². The molecule has 0 fully saturated rings. The van der Waals surface area contributed by atoms with Crippen LogP contribution in [0.1, 0.15) is 41.0 Å². The predicted octanol–water partition coefficient (Wildman–Crippen LogP) is 4.46. The maximum Gasteiger partial charge on any atom is 0.124 e. The van der Waals surface area contributed by atoms with E-state index in [1.807, 2.05) is 0 Å². The molecule has 20 heavy (non-hydrogen) atoms. The average Bonchev–Trinajstić information content (AvgIpc) is 2.87. The lowest BCUT2D eigenvalue weighted by atomic mass is 9.98. The highest BCUT2D eigenvalue weighted by atomic mass is 32.1. The van der Waals surface area contributed by atoms with Crippen molar-refractivity contribution >= 4 is 11.3 Å². The number of methoxy groups -OCH3 is 1. The number of hydrogen-bond donors (Lipinski definition) is 1. The molecule has 0 amide bonds. The fourth-order valence-corrected chi connectivity index (χ4v) is 3.10. The fourth-order valence-electron chi connectivity index (χ4n) is 2.37. The van der Waals surface area contributed by atoms with Crippen molar-refractivity contribution in [3.8, 4) is 5.75 Å². The van der Waals surface area contributed by atoms with Crippen LogP contribution in [0.5, 0.6) is 5.75 Å². The molecule has 0 radical (unpaired) electrons. The number of thiophene rings is 1. The molecule has 0 saturated heterocycles. The molecule has 0 saturated carbocycles. The zero-order valence-corrected chi connectivity index (χ0v) is 13.5. The van der Waals surface area contributed by atoms with Gasteiger partial charge in [-0.1, -0.05) is 19.1 Å². The number of hydrogen-bond acceptors (Lipinski definition) is 3. The molecule has 1 aromatic heterocycles. The highest BCUT2D eigenvalue weighted by Gasteiger charge is 2.18. The summed E-state index contributed by atoms with van der Waals surface area (Å²) in [6, 6.07) is 8.90. The summed E-state index contributed by atoms with van der Waals surface area (Å²) >= 11 is 1.80. The van der Waals surface area contributed by atoms with Crippen molar-refractivity contribution in [1.82, 2.24) is 5.32 Å². The smallest absolute Gasteiger partial charge is 0.124 e. The zero-order chi connectivity index (χ0) is 14.5. The Hall–Kier alpha value is -1.32. The molecule has 1 heterocycles. The van der Waals surface area contributed by atoms with Gasteiger partial charge in [0.2, 0.25) is 0 Å². The van der Waals surface area contributed by atoms with Gasteiger partial charge in [0.1, 0.15) is 5.75 Å². The Kier molecular flexibility index (Phi) is 5.21. The van der Waals surface area contributed by atoms with Crippen LogP contribution in [0.4, 0.5) is 0 Å². The quantitative estimate of drug-likeness (QED) is 0.847. The van der Waals surface area contributed by atoms with Gasteiger partial charge in [-0.15, -0.1) is 11.3 Å². The molecule has 0 spiro atoms. The van der Waals surface area contributed by atoms with Crippen molar-refractivity contribution < 1.29 is 4.74 Å². The molecule has 1 unspecified atom stereocenters. The summed E-state index contributed by atoms with van der Waals surface area (Å²) in [5.41, 5.74) is 3.76. The Morgan fingerprint density at radius 1 is 1.25 bits per heavy atom. The maximum absolute atomic E-state index is 5.58. The molecular weight excluding hydrogens is 266 g/mol. The SMILES string of the molecule is CCCNC(c1csc(C)c1)c1ccc(C)cc1OC. The lowest BCUT2D eigenvalue weighted by Gasteiger charge is -2.21. The van der Waals surface area contributed by atoms with Crippen LogP contribution in [0.25, 0.3) is 0 Å². The summed E-state index contributed by atoms with van der Waals surface area (Å²) in [4.78, 5) is 1.34. The van der Waals surface area contributed by atoms with Crippen molar-refractivity contribution in [3.05, 3.63) is 51.2 Å². The summed E-state index contributed by atoms with van der Waals surface area (Å²) < 4.78 is 5.58. The van der Waals surface area contributed by atoms with E-state index in [4.69, 9.17) is 4.74 Å². The third kappa shape index (κ3) is 3.41. The molecule has 2 rings (SSSR count). The van der Waals surface area contributed by atoms with Crippen LogP contribution in [0.15, 0.2) is 29.6 Å². The van der Waals surface area contributed by atoms with Gasteiger partial charge in [-0.3, -0.25) is 0 Å². The topological polar surface area (TPSA) is 21.3 Å². The Morgan fingerprint density at radius 3 is 2.65 bits per heavy atom. The summed E-state index contributed by atoms with van der Waals surface area (Å²) in [7, 11) is 1.74. The summed E-state index contributed by atoms with van der Waals surface area (Å²) in [6.07, 6.45) is 1.12. The van der Waals surface area contributed by atoms with Crippen LogP contribution in [-0.4, -0.2) is 13.7 Å². The van der Waals surface area contributed by atoms with E-state index >= 15 is 0 Å². The van der Waals surface area contributed by atoms with Crippen molar-refractivity contribution in [3.63, 3.8) is 0 Å². The second-order valence-electron chi connectivity index (χ2n) is 5.12. The molecule has 1 aromatic carbocycles. The lowest BCUT2D eigenvalue weighted by Crippen LogP contribution is -2.23. The minimum absolute atomic E-state index is 0.204. The van der Waals surface area contributed by atoms with E-state index in [9.17, 15) is 0 Å². The Balaban J connectivity index is 2.40. The third-order valence-electron chi connectivity index (χ3n) is 3.38. The lowest BCUT2D eigenvalue weighted by molar-refractivity contribution is 0.403. The number of rotatable bonds is 6. The van der Waals surface area contributed by atoms with Crippen LogP contribution >= 0.6 is 11.3 Å². The Labute approximate surface area is 125 Å². The van der Waals surface area contributed by atoms with Crippen LogP contribution < -0.4 is 10.1 Å². The van der Waals surface area contributed by atoms with Crippen LogP contribution in [0, 0.1) is 13.8 Å². The molecule has 0 aliphatic rings. The molecular formula is C17H23NOS. The van der Waals surface area contributed by atoms with E-state index in [0.717, 1.165) is 18.7 Å². The second-order valence-corrected chi connectivity index (χ2v) is 6.24. The van der Waals surface area contributed by atoms with E-state index < -0.39 is 0 Å². The first kappa shape index (κ1) is 15.1. The number of nitrogens with one attached hydrogen (secondary N) is 1. The highest BCUT2D eigenvalue weighted by Crippen LogP contribution is 2.32. The van der Waals surface area contributed by atoms with Gasteiger partial charge in [0.15, 0.2) is 0 Å². The van der Waals surface area contributed by atoms with Crippen LogP contribution in [0.2, 0.25) is 0 Å². The van der Waals surface area contributed by atoms with Gasteiger partial charge in [0.25, 0.3) is 0 Å². The summed E-state index contributed by atoms with van der Waals surface area (Å²) in [6.45, 7) is 7.43. The van der Waals surface area contributed by atoms with E-state index in [0.29, 0.717) is 0 Å². The van der Waals surface area contributed by atoms with Crippen molar-refractivity contribution in [2.75, 3.05) is 13.7 Å². The molecule has 0 aliphatic carbocycles. The van der Waals surface area contributed by atoms with Gasteiger partial charge in [-0.05, 0) is 55.5 Å². The van der Waals surface area contributed by atoms with Gasteiger partial charge in [-0.2, -0.15) is 0 Å². The Morgan fingerprint density at radius 2 is 2.05 bits per heavy atom. The first-order valence-electron chi connectivity index (χ1n) is 7.08. The zero-order valence-electron chi connectivity index (χ0n) is 12.7. The standard InChI is InChI=1S/C17H23NOS/c1-5-8-18-17(14-10-13(3)20-11-14)15-7-6-12(2)9-16(15)19-4/h6-7,9-11,17-18H,5,8H2,1-4H3. The molecule has 2 aromatic rings. The first-order valence-corrected chi connectivity index (χ1v) is 7.96. The third-order valence-corrected chi connectivity index (χ3v) is 4.26. The van der Waals surface area contributed by atoms with Crippen molar-refractivity contribution in [2.24, 2.45) is 0 Å². The van der Waals surface area contributed by atoms with Gasteiger partial charge >= 0.3 is 0 Å². The van der Waals surface area contributed by atoms with E-state index in [2.05, 4.69) is 55.7 Å². The molecule has 2 nitrogen and oxygen atoms in total. The molecule has 108 valence electrons.